The van der Waals surface area contributed by atoms with E-state index < -0.39 is 0 Å². The lowest BCUT2D eigenvalue weighted by atomic mass is 10.0. The number of carbonyl (C=O) groups excluding carboxylic acids is 1. The molecule has 3 aromatic rings. The molecule has 0 atom stereocenters. The van der Waals surface area contributed by atoms with Gasteiger partial charge in [0, 0.05) is 29.9 Å². The summed E-state index contributed by atoms with van der Waals surface area (Å²) in [5.41, 5.74) is 4.43. The summed E-state index contributed by atoms with van der Waals surface area (Å²) in [5.74, 6) is 2.07. The lowest BCUT2D eigenvalue weighted by molar-refractivity contribution is 0.102. The minimum atomic E-state index is -0.148. The highest BCUT2D eigenvalue weighted by atomic mass is 16.1. The van der Waals surface area contributed by atoms with E-state index in [1.54, 1.807) is 6.20 Å². The van der Waals surface area contributed by atoms with Crippen molar-refractivity contribution in [1.82, 2.24) is 25.5 Å². The fourth-order valence-electron chi connectivity index (χ4n) is 3.32. The lowest BCUT2D eigenvalue weighted by Gasteiger charge is -2.16. The monoisotopic (exact) mass is 360 g/mol. The maximum atomic E-state index is 12.5. The Balaban J connectivity index is 1.29. The molecule has 1 fully saturated rings. The van der Waals surface area contributed by atoms with Crippen LogP contribution < -0.4 is 10.6 Å². The van der Waals surface area contributed by atoms with Crippen LogP contribution in [0.4, 0.5) is 5.69 Å². The molecule has 2 aromatic heterocycles. The molecule has 0 spiro atoms. The number of aromatic nitrogens is 4. The number of carbonyl (C=O) groups is 1. The maximum Gasteiger partial charge on any atom is 0.257 e. The number of anilines is 1. The zero-order valence-corrected chi connectivity index (χ0v) is 14.8. The third-order valence-electron chi connectivity index (χ3n) is 5.05. The van der Waals surface area contributed by atoms with Crippen LogP contribution in [-0.4, -0.2) is 32.6 Å². The maximum absolute atomic E-state index is 12.5. The van der Waals surface area contributed by atoms with Gasteiger partial charge in [-0.1, -0.05) is 0 Å². The van der Waals surface area contributed by atoms with Crippen LogP contribution in [0.1, 0.15) is 46.2 Å². The smallest absolute Gasteiger partial charge is 0.257 e. The number of nitrogens with zero attached hydrogens (tertiary/aromatic N) is 3. The summed E-state index contributed by atoms with van der Waals surface area (Å²) in [4.78, 5) is 21.5. The predicted octanol–water partition coefficient (Wildman–Crippen LogP) is 2.64. The van der Waals surface area contributed by atoms with Gasteiger partial charge in [-0.05, 0) is 61.7 Å². The van der Waals surface area contributed by atoms with Crippen molar-refractivity contribution in [2.24, 2.45) is 0 Å². The molecule has 0 bridgehead atoms. The molecule has 1 aliphatic carbocycles. The molecular weight excluding hydrogens is 340 g/mol. The molecule has 1 amide bonds. The number of benzene rings is 1. The summed E-state index contributed by atoms with van der Waals surface area (Å²) in [6.07, 6.45) is 4.92. The standard InChI is InChI=1S/C20H20N6O/c27-20(15-9-14-7-8-21-11-17(14)22-10-15)23-16-5-3-13(4-6-16)19-24-18(25-26-19)12-1-2-12/h3-6,9-10,12,21H,1-2,7-8,11H2,(H,23,27)(H,24,25,26). The molecule has 3 heterocycles. The fourth-order valence-corrected chi connectivity index (χ4v) is 3.32. The van der Waals surface area contributed by atoms with Crippen LogP contribution in [0, 0.1) is 0 Å². The Kier molecular flexibility index (Phi) is 3.94. The van der Waals surface area contributed by atoms with Crippen LogP contribution in [0.3, 0.4) is 0 Å². The number of aromatic amines is 1. The second kappa shape index (κ2) is 6.59. The zero-order valence-electron chi connectivity index (χ0n) is 14.8. The van der Waals surface area contributed by atoms with E-state index in [9.17, 15) is 4.79 Å². The average molecular weight is 360 g/mol. The first-order chi connectivity index (χ1) is 13.3. The first-order valence-electron chi connectivity index (χ1n) is 9.29. The Morgan fingerprint density at radius 2 is 2.04 bits per heavy atom. The van der Waals surface area contributed by atoms with Crippen LogP contribution in [0.5, 0.6) is 0 Å². The van der Waals surface area contributed by atoms with Crippen LogP contribution in [0.15, 0.2) is 36.5 Å². The Hall–Kier alpha value is -3.06. The number of amides is 1. The molecule has 0 unspecified atom stereocenters. The summed E-state index contributed by atoms with van der Waals surface area (Å²) in [6.45, 7) is 1.69. The largest absolute Gasteiger partial charge is 0.322 e. The van der Waals surface area contributed by atoms with Gasteiger partial charge in [-0.15, -0.1) is 0 Å². The number of rotatable bonds is 4. The third-order valence-corrected chi connectivity index (χ3v) is 5.05. The molecule has 1 saturated carbocycles. The van der Waals surface area contributed by atoms with E-state index >= 15 is 0 Å². The number of nitrogens with one attached hydrogen (secondary N) is 3. The molecule has 3 N–H and O–H groups in total. The third kappa shape index (κ3) is 3.33. The van der Waals surface area contributed by atoms with Gasteiger partial charge in [-0.3, -0.25) is 14.9 Å². The second-order valence-electron chi connectivity index (χ2n) is 7.11. The van der Waals surface area contributed by atoms with Gasteiger partial charge >= 0.3 is 0 Å². The van der Waals surface area contributed by atoms with Gasteiger partial charge < -0.3 is 10.6 Å². The van der Waals surface area contributed by atoms with Crippen molar-refractivity contribution in [3.8, 4) is 11.4 Å². The number of pyridine rings is 1. The van der Waals surface area contributed by atoms with Gasteiger partial charge in [0.1, 0.15) is 5.82 Å². The first kappa shape index (κ1) is 16.1. The van der Waals surface area contributed by atoms with E-state index in [0.717, 1.165) is 47.8 Å². The highest BCUT2D eigenvalue weighted by Gasteiger charge is 2.27. The SMILES string of the molecule is O=C(Nc1ccc(-c2n[nH]c(C3CC3)n2)cc1)c1cnc2c(c1)CCNC2. The Labute approximate surface area is 156 Å². The molecular formula is C20H20N6O. The number of H-pyrrole nitrogens is 1. The second-order valence-corrected chi connectivity index (χ2v) is 7.11. The van der Waals surface area contributed by atoms with Crippen LogP contribution >= 0.6 is 0 Å². The average Bonchev–Trinajstić information content (AvgIpc) is 3.45. The number of hydrogen-bond acceptors (Lipinski definition) is 5. The lowest BCUT2D eigenvalue weighted by Crippen LogP contribution is -2.25. The minimum Gasteiger partial charge on any atom is -0.322 e. The zero-order chi connectivity index (χ0) is 18.2. The molecule has 27 heavy (non-hydrogen) atoms. The predicted molar refractivity (Wildman–Crippen MR) is 101 cm³/mol. The van der Waals surface area contributed by atoms with Crippen LogP contribution in [-0.2, 0) is 13.0 Å². The highest BCUT2D eigenvalue weighted by Crippen LogP contribution is 2.38. The molecule has 0 saturated heterocycles. The van der Waals surface area contributed by atoms with E-state index in [1.165, 1.54) is 12.8 Å². The summed E-state index contributed by atoms with van der Waals surface area (Å²) >= 11 is 0. The number of fused-ring (bicyclic) bond motifs is 1. The molecule has 0 radical (unpaired) electrons. The van der Waals surface area contributed by atoms with Gasteiger partial charge in [0.05, 0.1) is 11.3 Å². The fraction of sp³-hybridized carbons (Fsp3) is 0.300. The summed E-state index contributed by atoms with van der Waals surface area (Å²) in [7, 11) is 0. The van der Waals surface area contributed by atoms with Crippen molar-refractivity contribution in [2.45, 2.75) is 31.7 Å². The number of hydrogen-bond donors (Lipinski definition) is 3. The van der Waals surface area contributed by atoms with Gasteiger partial charge in [0.25, 0.3) is 5.91 Å². The molecule has 1 aliphatic heterocycles. The highest BCUT2D eigenvalue weighted by molar-refractivity contribution is 6.04. The van der Waals surface area contributed by atoms with Gasteiger partial charge in [-0.25, -0.2) is 4.98 Å². The summed E-state index contributed by atoms with van der Waals surface area (Å²) in [5, 5.41) is 13.5. The van der Waals surface area contributed by atoms with E-state index in [2.05, 4.69) is 30.8 Å². The quantitative estimate of drug-likeness (QED) is 0.665. The van der Waals surface area contributed by atoms with Crippen molar-refractivity contribution in [3.05, 3.63) is 59.2 Å². The molecule has 136 valence electrons. The van der Waals surface area contributed by atoms with Crippen molar-refractivity contribution >= 4 is 11.6 Å². The van der Waals surface area contributed by atoms with E-state index in [4.69, 9.17) is 0 Å². The van der Waals surface area contributed by atoms with Gasteiger partial charge in [0.2, 0.25) is 0 Å². The van der Waals surface area contributed by atoms with E-state index in [1.807, 2.05) is 30.3 Å². The molecule has 7 heteroatoms. The van der Waals surface area contributed by atoms with Crippen molar-refractivity contribution in [1.29, 1.82) is 0 Å². The molecule has 5 rings (SSSR count). The van der Waals surface area contributed by atoms with Gasteiger partial charge in [-0.2, -0.15) is 5.10 Å². The molecule has 1 aromatic carbocycles. The summed E-state index contributed by atoms with van der Waals surface area (Å²) in [6, 6.07) is 9.53. The summed E-state index contributed by atoms with van der Waals surface area (Å²) < 4.78 is 0. The van der Waals surface area contributed by atoms with Crippen molar-refractivity contribution in [2.75, 3.05) is 11.9 Å². The first-order valence-corrected chi connectivity index (χ1v) is 9.29. The van der Waals surface area contributed by atoms with E-state index in [0.29, 0.717) is 17.3 Å². The Bertz CT molecular complexity index is 990. The topological polar surface area (TPSA) is 95.6 Å². The van der Waals surface area contributed by atoms with Crippen molar-refractivity contribution < 1.29 is 4.79 Å². The Morgan fingerprint density at radius 1 is 1.19 bits per heavy atom. The van der Waals surface area contributed by atoms with Crippen LogP contribution in [0.25, 0.3) is 11.4 Å². The Morgan fingerprint density at radius 3 is 2.85 bits per heavy atom. The minimum absolute atomic E-state index is 0.148. The normalized spacial score (nSPS) is 16.0. The molecule has 7 nitrogen and oxygen atoms in total. The van der Waals surface area contributed by atoms with Crippen molar-refractivity contribution in [3.63, 3.8) is 0 Å². The van der Waals surface area contributed by atoms with E-state index in [-0.39, 0.29) is 5.91 Å². The molecule has 2 aliphatic rings. The van der Waals surface area contributed by atoms with Crippen LogP contribution in [0.2, 0.25) is 0 Å². The van der Waals surface area contributed by atoms with Gasteiger partial charge in [0.15, 0.2) is 5.82 Å².